The summed E-state index contributed by atoms with van der Waals surface area (Å²) >= 11 is 0. The van der Waals surface area contributed by atoms with E-state index in [-0.39, 0.29) is 11.8 Å². The van der Waals surface area contributed by atoms with Gasteiger partial charge >= 0.3 is 0 Å². The largest absolute Gasteiger partial charge is 0.330 e. The van der Waals surface area contributed by atoms with Crippen molar-refractivity contribution in [2.24, 2.45) is 17.6 Å². The Morgan fingerprint density at radius 1 is 1.53 bits per heavy atom. The number of amides is 1. The van der Waals surface area contributed by atoms with E-state index in [9.17, 15) is 4.79 Å². The number of hydrogen-bond donors (Lipinski definition) is 3. The second-order valence-corrected chi connectivity index (χ2v) is 4.87. The lowest BCUT2D eigenvalue weighted by Gasteiger charge is -2.26. The van der Waals surface area contributed by atoms with Gasteiger partial charge in [-0.15, -0.1) is 0 Å². The summed E-state index contributed by atoms with van der Waals surface area (Å²) in [5, 5.41) is 9.59. The highest BCUT2D eigenvalue weighted by Crippen LogP contribution is 2.29. The molecule has 0 unspecified atom stereocenters. The standard InChI is InChI=1S/C12H20N4O/c1-8-7-14-16-11(8)15-12(17)10-4-2-9(6-13)3-5-10/h7,9-10H,2-6,13H2,1H3,(H2,14,15,16,17). The van der Waals surface area contributed by atoms with Crippen LogP contribution >= 0.6 is 0 Å². The zero-order valence-electron chi connectivity index (χ0n) is 10.2. The van der Waals surface area contributed by atoms with Crippen LogP contribution in [0, 0.1) is 18.8 Å². The molecule has 1 aromatic rings. The van der Waals surface area contributed by atoms with Gasteiger partial charge in [-0.05, 0) is 45.1 Å². The van der Waals surface area contributed by atoms with Crippen LogP contribution in [-0.4, -0.2) is 22.6 Å². The molecule has 1 saturated carbocycles. The van der Waals surface area contributed by atoms with Gasteiger partial charge in [-0.3, -0.25) is 9.89 Å². The summed E-state index contributed by atoms with van der Waals surface area (Å²) in [7, 11) is 0. The Morgan fingerprint density at radius 3 is 2.76 bits per heavy atom. The lowest BCUT2D eigenvalue weighted by molar-refractivity contribution is -0.121. The molecule has 1 heterocycles. The number of nitrogens with one attached hydrogen (secondary N) is 2. The van der Waals surface area contributed by atoms with Crippen LogP contribution in [0.25, 0.3) is 0 Å². The monoisotopic (exact) mass is 236 g/mol. The van der Waals surface area contributed by atoms with Gasteiger partial charge in [0.2, 0.25) is 5.91 Å². The molecular formula is C12H20N4O. The minimum absolute atomic E-state index is 0.104. The Labute approximate surface area is 101 Å². The van der Waals surface area contributed by atoms with E-state index >= 15 is 0 Å². The topological polar surface area (TPSA) is 83.8 Å². The average molecular weight is 236 g/mol. The van der Waals surface area contributed by atoms with Gasteiger partial charge in [0, 0.05) is 11.5 Å². The van der Waals surface area contributed by atoms with Crippen molar-refractivity contribution >= 4 is 11.7 Å². The Hall–Kier alpha value is -1.36. The van der Waals surface area contributed by atoms with Crippen LogP contribution in [0.3, 0.4) is 0 Å². The minimum atomic E-state index is 0.104. The quantitative estimate of drug-likeness (QED) is 0.742. The molecule has 0 aliphatic heterocycles. The smallest absolute Gasteiger partial charge is 0.228 e. The van der Waals surface area contributed by atoms with Crippen molar-refractivity contribution in [3.63, 3.8) is 0 Å². The van der Waals surface area contributed by atoms with Crippen LogP contribution < -0.4 is 11.1 Å². The molecule has 1 aliphatic carbocycles. The van der Waals surface area contributed by atoms with Crippen LogP contribution in [0.2, 0.25) is 0 Å². The number of carbonyl (C=O) groups is 1. The van der Waals surface area contributed by atoms with Crippen molar-refractivity contribution in [3.05, 3.63) is 11.8 Å². The highest BCUT2D eigenvalue weighted by molar-refractivity contribution is 5.92. The van der Waals surface area contributed by atoms with E-state index in [1.54, 1.807) is 6.20 Å². The molecule has 0 aromatic carbocycles. The first-order valence-electron chi connectivity index (χ1n) is 6.21. The lowest BCUT2D eigenvalue weighted by Crippen LogP contribution is -2.29. The van der Waals surface area contributed by atoms with E-state index in [1.165, 1.54) is 0 Å². The summed E-state index contributed by atoms with van der Waals surface area (Å²) in [6.45, 7) is 2.67. The minimum Gasteiger partial charge on any atom is -0.330 e. The van der Waals surface area contributed by atoms with Gasteiger partial charge in [-0.1, -0.05) is 0 Å². The van der Waals surface area contributed by atoms with Crippen molar-refractivity contribution in [1.29, 1.82) is 0 Å². The zero-order chi connectivity index (χ0) is 12.3. The predicted molar refractivity (Wildman–Crippen MR) is 66.5 cm³/mol. The van der Waals surface area contributed by atoms with E-state index in [2.05, 4.69) is 15.5 Å². The Morgan fingerprint density at radius 2 is 2.24 bits per heavy atom. The molecular weight excluding hydrogens is 216 g/mol. The van der Waals surface area contributed by atoms with Crippen LogP contribution in [0.5, 0.6) is 0 Å². The number of hydrogen-bond acceptors (Lipinski definition) is 3. The second kappa shape index (κ2) is 5.31. The fourth-order valence-corrected chi connectivity index (χ4v) is 2.36. The number of anilines is 1. The maximum absolute atomic E-state index is 12.0. The van der Waals surface area contributed by atoms with E-state index in [4.69, 9.17) is 5.73 Å². The van der Waals surface area contributed by atoms with E-state index < -0.39 is 0 Å². The number of H-pyrrole nitrogens is 1. The highest BCUT2D eigenvalue weighted by atomic mass is 16.1. The van der Waals surface area contributed by atoms with Crippen molar-refractivity contribution in [2.75, 3.05) is 11.9 Å². The third kappa shape index (κ3) is 2.85. The molecule has 1 amide bonds. The normalized spacial score (nSPS) is 24.6. The number of rotatable bonds is 3. The fourth-order valence-electron chi connectivity index (χ4n) is 2.36. The Kier molecular flexibility index (Phi) is 3.78. The lowest BCUT2D eigenvalue weighted by atomic mass is 9.81. The predicted octanol–water partition coefficient (Wildman–Crippen LogP) is 1.42. The molecule has 17 heavy (non-hydrogen) atoms. The number of nitrogens with zero attached hydrogens (tertiary/aromatic N) is 1. The van der Waals surface area contributed by atoms with E-state index in [0.29, 0.717) is 5.92 Å². The number of carbonyl (C=O) groups excluding carboxylic acids is 1. The molecule has 1 aliphatic rings. The van der Waals surface area contributed by atoms with Gasteiger partial charge in [0.1, 0.15) is 5.82 Å². The summed E-state index contributed by atoms with van der Waals surface area (Å²) in [5.74, 6) is 1.55. The summed E-state index contributed by atoms with van der Waals surface area (Å²) in [4.78, 5) is 12.0. The van der Waals surface area contributed by atoms with Crippen LogP contribution in [-0.2, 0) is 4.79 Å². The molecule has 5 nitrogen and oxygen atoms in total. The molecule has 0 atom stereocenters. The molecule has 5 heteroatoms. The average Bonchev–Trinajstić information content (AvgIpc) is 2.75. The van der Waals surface area contributed by atoms with Crippen molar-refractivity contribution in [3.8, 4) is 0 Å². The first kappa shape index (κ1) is 12.1. The zero-order valence-corrected chi connectivity index (χ0v) is 10.2. The van der Waals surface area contributed by atoms with Gasteiger partial charge in [-0.25, -0.2) is 0 Å². The third-order valence-electron chi connectivity index (χ3n) is 3.63. The summed E-state index contributed by atoms with van der Waals surface area (Å²) < 4.78 is 0. The van der Waals surface area contributed by atoms with Crippen LogP contribution in [0.15, 0.2) is 6.20 Å². The molecule has 94 valence electrons. The molecule has 0 spiro atoms. The second-order valence-electron chi connectivity index (χ2n) is 4.87. The maximum Gasteiger partial charge on any atom is 0.228 e. The maximum atomic E-state index is 12.0. The fraction of sp³-hybridized carbons (Fsp3) is 0.667. The Balaban J connectivity index is 1.87. The Bertz CT molecular complexity index is 380. The van der Waals surface area contributed by atoms with Gasteiger partial charge in [0.15, 0.2) is 0 Å². The number of nitrogens with two attached hydrogens (primary N) is 1. The SMILES string of the molecule is Cc1cn[nH]c1NC(=O)C1CCC(CN)CC1. The van der Waals surface area contributed by atoms with Crippen molar-refractivity contribution < 1.29 is 4.79 Å². The molecule has 0 radical (unpaired) electrons. The molecule has 2 rings (SSSR count). The van der Waals surface area contributed by atoms with Gasteiger partial charge < -0.3 is 11.1 Å². The molecule has 0 saturated heterocycles. The van der Waals surface area contributed by atoms with Crippen LogP contribution in [0.4, 0.5) is 5.82 Å². The summed E-state index contributed by atoms with van der Waals surface area (Å²) in [5.41, 5.74) is 6.61. The number of aromatic nitrogens is 2. The van der Waals surface area contributed by atoms with Crippen LogP contribution in [0.1, 0.15) is 31.2 Å². The highest BCUT2D eigenvalue weighted by Gasteiger charge is 2.25. The van der Waals surface area contributed by atoms with Crippen molar-refractivity contribution in [2.45, 2.75) is 32.6 Å². The number of aryl methyl sites for hydroxylation is 1. The van der Waals surface area contributed by atoms with Crippen molar-refractivity contribution in [1.82, 2.24) is 10.2 Å². The molecule has 4 N–H and O–H groups in total. The van der Waals surface area contributed by atoms with E-state index in [0.717, 1.165) is 43.6 Å². The first-order valence-corrected chi connectivity index (χ1v) is 6.21. The third-order valence-corrected chi connectivity index (χ3v) is 3.63. The molecule has 1 aromatic heterocycles. The summed E-state index contributed by atoms with van der Waals surface area (Å²) in [6.07, 6.45) is 5.73. The van der Waals surface area contributed by atoms with Gasteiger partial charge in [-0.2, -0.15) is 5.10 Å². The molecule has 0 bridgehead atoms. The summed E-state index contributed by atoms with van der Waals surface area (Å²) in [6, 6.07) is 0. The van der Waals surface area contributed by atoms with E-state index in [1.807, 2.05) is 6.92 Å². The van der Waals surface area contributed by atoms with Gasteiger partial charge in [0.25, 0.3) is 0 Å². The van der Waals surface area contributed by atoms with Gasteiger partial charge in [0.05, 0.1) is 6.20 Å². The first-order chi connectivity index (χ1) is 8.20. The molecule has 1 fully saturated rings. The number of aromatic amines is 1.